The third-order valence-corrected chi connectivity index (χ3v) is 11.3. The molecule has 346 valence electrons. The normalized spacial score (nSPS) is 14.1. The molecule has 59 heavy (non-hydrogen) atoms. The second-order valence-corrected chi connectivity index (χ2v) is 18.9. The lowest BCUT2D eigenvalue weighted by Gasteiger charge is -2.24. The largest absolute Gasteiger partial charge is 0.472 e. The molecule has 9 heteroatoms. The number of phosphoric acid groups is 1. The molecule has 8 nitrogen and oxygen atoms in total. The number of phosphoric ester groups is 1. The summed E-state index contributed by atoms with van der Waals surface area (Å²) in [6.07, 6.45) is 52.8. The molecule has 0 amide bonds. The Morgan fingerprint density at radius 2 is 0.932 bits per heavy atom. The number of esters is 1. The molecule has 0 rings (SSSR count). The predicted octanol–water partition coefficient (Wildman–Crippen LogP) is 14.7. The first-order valence-electron chi connectivity index (χ1n) is 24.4. The highest BCUT2D eigenvalue weighted by Crippen LogP contribution is 2.43. The summed E-state index contributed by atoms with van der Waals surface area (Å²) in [7, 11) is 1.65. The second kappa shape index (κ2) is 43.1. The average molecular weight is 853 g/mol. The van der Waals surface area contributed by atoms with E-state index < -0.39 is 13.9 Å². The lowest BCUT2D eigenvalue weighted by molar-refractivity contribution is -0.870. The maximum absolute atomic E-state index is 12.7. The van der Waals surface area contributed by atoms with Crippen molar-refractivity contribution in [3.05, 3.63) is 48.6 Å². The first kappa shape index (κ1) is 57.5. The van der Waals surface area contributed by atoms with E-state index >= 15 is 0 Å². The summed E-state index contributed by atoms with van der Waals surface area (Å²) in [5.74, 6) is -0.327. The molecular weight excluding hydrogens is 758 g/mol. The van der Waals surface area contributed by atoms with Crippen LogP contribution in [-0.2, 0) is 27.9 Å². The minimum atomic E-state index is -4.28. The Bertz CT molecular complexity index is 1080. The highest BCUT2D eigenvalue weighted by Gasteiger charge is 2.26. The topological polar surface area (TPSA) is 91.3 Å². The van der Waals surface area contributed by atoms with E-state index in [4.69, 9.17) is 18.5 Å². The van der Waals surface area contributed by atoms with Crippen molar-refractivity contribution in [1.82, 2.24) is 0 Å². The molecule has 1 N–H and O–H groups in total. The number of allylic oxidation sites excluding steroid dienone is 8. The standard InChI is InChI=1S/C50H94NO7P/c1-6-8-10-12-14-16-18-20-22-24-26-27-29-31-33-35-37-39-41-43-50(52)58-49(48-57-59(53,54)56-46-44-51(3,4)5)47-55-45-42-40-38-36-34-32-30-28-25-23-21-19-17-15-13-11-9-7-2/h14,16,20-23,26-27,49H,6-13,15,17-19,24-25,28-48H2,1-5H3/p+1/b16-14-,22-20-,23-21-,27-26-. The maximum Gasteiger partial charge on any atom is 0.472 e. The summed E-state index contributed by atoms with van der Waals surface area (Å²) in [5.41, 5.74) is 0. The van der Waals surface area contributed by atoms with Crippen LogP contribution in [0, 0.1) is 0 Å². The fourth-order valence-electron chi connectivity index (χ4n) is 6.55. The van der Waals surface area contributed by atoms with Gasteiger partial charge in [-0.2, -0.15) is 0 Å². The van der Waals surface area contributed by atoms with Crippen molar-refractivity contribution < 1.29 is 37.3 Å². The van der Waals surface area contributed by atoms with Crippen LogP contribution >= 0.6 is 7.82 Å². The van der Waals surface area contributed by atoms with Gasteiger partial charge in [-0.05, 0) is 77.0 Å². The van der Waals surface area contributed by atoms with Crippen molar-refractivity contribution >= 4 is 13.8 Å². The van der Waals surface area contributed by atoms with Gasteiger partial charge in [-0.3, -0.25) is 13.8 Å². The molecule has 0 aromatic heterocycles. The van der Waals surface area contributed by atoms with Gasteiger partial charge < -0.3 is 18.9 Å². The fourth-order valence-corrected chi connectivity index (χ4v) is 7.30. The quantitative estimate of drug-likeness (QED) is 0.0214. The number of unbranched alkanes of at least 4 members (excludes halogenated alkanes) is 23. The number of quaternary nitrogens is 1. The number of hydrogen-bond donors (Lipinski definition) is 1. The van der Waals surface area contributed by atoms with E-state index in [1.165, 1.54) is 128 Å². The zero-order valence-corrected chi connectivity index (χ0v) is 40.1. The van der Waals surface area contributed by atoms with Crippen LogP contribution in [0.1, 0.15) is 206 Å². The number of hydrogen-bond acceptors (Lipinski definition) is 6. The molecule has 0 aliphatic heterocycles. The molecule has 0 radical (unpaired) electrons. The van der Waals surface area contributed by atoms with Crippen LogP contribution in [0.15, 0.2) is 48.6 Å². The van der Waals surface area contributed by atoms with Gasteiger partial charge in [-0.1, -0.05) is 172 Å². The highest BCUT2D eigenvalue weighted by atomic mass is 31.2. The van der Waals surface area contributed by atoms with Gasteiger partial charge in [-0.15, -0.1) is 0 Å². The van der Waals surface area contributed by atoms with E-state index in [9.17, 15) is 14.3 Å². The van der Waals surface area contributed by atoms with Gasteiger partial charge in [0.2, 0.25) is 0 Å². The smallest absolute Gasteiger partial charge is 0.457 e. The zero-order valence-electron chi connectivity index (χ0n) is 39.2. The Labute approximate surface area is 365 Å². The minimum absolute atomic E-state index is 0.0841. The molecule has 0 aliphatic carbocycles. The zero-order chi connectivity index (χ0) is 43.4. The minimum Gasteiger partial charge on any atom is -0.457 e. The number of nitrogens with zero attached hydrogens (tertiary/aromatic N) is 1. The van der Waals surface area contributed by atoms with Crippen LogP contribution < -0.4 is 0 Å². The van der Waals surface area contributed by atoms with E-state index in [-0.39, 0.29) is 25.8 Å². The number of carbonyl (C=O) groups is 1. The van der Waals surface area contributed by atoms with Crippen LogP contribution in [0.5, 0.6) is 0 Å². The van der Waals surface area contributed by atoms with Gasteiger partial charge in [0.05, 0.1) is 34.4 Å². The van der Waals surface area contributed by atoms with E-state index in [0.717, 1.165) is 57.8 Å². The molecule has 0 aromatic carbocycles. The summed E-state index contributed by atoms with van der Waals surface area (Å²) in [4.78, 5) is 23.0. The van der Waals surface area contributed by atoms with Crippen LogP contribution in [0.4, 0.5) is 0 Å². The number of ether oxygens (including phenoxy) is 2. The summed E-state index contributed by atoms with van der Waals surface area (Å²) in [5, 5.41) is 0. The van der Waals surface area contributed by atoms with Gasteiger partial charge in [-0.25, -0.2) is 4.57 Å². The van der Waals surface area contributed by atoms with E-state index in [2.05, 4.69) is 62.5 Å². The molecule has 0 saturated carbocycles. The number of likely N-dealkylation sites (N-methyl/N-ethyl adjacent to an activating group) is 1. The maximum atomic E-state index is 12.7. The molecule has 0 fully saturated rings. The van der Waals surface area contributed by atoms with Gasteiger partial charge in [0.25, 0.3) is 0 Å². The summed E-state index contributed by atoms with van der Waals surface area (Å²) >= 11 is 0. The monoisotopic (exact) mass is 853 g/mol. The van der Waals surface area contributed by atoms with Crippen molar-refractivity contribution in [3.63, 3.8) is 0 Å². The molecular formula is C50H95NO7P+. The second-order valence-electron chi connectivity index (χ2n) is 17.5. The van der Waals surface area contributed by atoms with Crippen LogP contribution in [0.3, 0.4) is 0 Å². The van der Waals surface area contributed by atoms with Gasteiger partial charge in [0.15, 0.2) is 0 Å². The molecule has 0 aliphatic rings. The summed E-state index contributed by atoms with van der Waals surface area (Å²) in [6.45, 7) is 5.58. The van der Waals surface area contributed by atoms with E-state index in [0.29, 0.717) is 24.1 Å². The summed E-state index contributed by atoms with van der Waals surface area (Å²) in [6, 6.07) is 0. The molecule has 0 saturated heterocycles. The first-order chi connectivity index (χ1) is 28.6. The number of carbonyl (C=O) groups excluding carboxylic acids is 1. The Morgan fingerprint density at radius 3 is 1.44 bits per heavy atom. The summed E-state index contributed by atoms with van der Waals surface area (Å²) < 4.78 is 35.1. The van der Waals surface area contributed by atoms with E-state index in [1.54, 1.807) is 0 Å². The van der Waals surface area contributed by atoms with Crippen molar-refractivity contribution in [1.29, 1.82) is 0 Å². The third-order valence-electron chi connectivity index (χ3n) is 10.4. The molecule has 2 unspecified atom stereocenters. The lowest BCUT2D eigenvalue weighted by Crippen LogP contribution is -2.37. The molecule has 0 spiro atoms. The first-order valence-corrected chi connectivity index (χ1v) is 25.9. The average Bonchev–Trinajstić information content (AvgIpc) is 3.19. The van der Waals surface area contributed by atoms with Gasteiger partial charge in [0, 0.05) is 13.0 Å². The molecule has 0 heterocycles. The van der Waals surface area contributed by atoms with Crippen LogP contribution in [0.2, 0.25) is 0 Å². The SMILES string of the molecule is CCCCC/C=C\C/C=C\C/C=C\CCCCCCCCC(=O)OC(COCCCCCCCCCC/C=C\CCCCCCCC)COP(=O)(O)OCC[N+](C)(C)C. The van der Waals surface area contributed by atoms with Crippen LogP contribution in [0.25, 0.3) is 0 Å². The third kappa shape index (κ3) is 47.4. The highest BCUT2D eigenvalue weighted by molar-refractivity contribution is 7.47. The lowest BCUT2D eigenvalue weighted by atomic mass is 10.1. The Balaban J connectivity index is 4.21. The van der Waals surface area contributed by atoms with Crippen molar-refractivity contribution in [2.45, 2.75) is 213 Å². The van der Waals surface area contributed by atoms with Crippen LogP contribution in [-0.4, -0.2) is 75.6 Å². The predicted molar refractivity (Wildman–Crippen MR) is 252 cm³/mol. The Morgan fingerprint density at radius 1 is 0.525 bits per heavy atom. The molecule has 0 bridgehead atoms. The number of rotatable bonds is 45. The van der Waals surface area contributed by atoms with Crippen molar-refractivity contribution in [2.75, 3.05) is 54.1 Å². The van der Waals surface area contributed by atoms with Gasteiger partial charge >= 0.3 is 13.8 Å². The molecule has 0 aromatic rings. The van der Waals surface area contributed by atoms with E-state index in [1.807, 2.05) is 21.1 Å². The Hall–Kier alpha value is -1.54. The van der Waals surface area contributed by atoms with Crippen molar-refractivity contribution in [3.8, 4) is 0 Å². The van der Waals surface area contributed by atoms with Crippen molar-refractivity contribution in [2.24, 2.45) is 0 Å². The van der Waals surface area contributed by atoms with Gasteiger partial charge in [0.1, 0.15) is 19.3 Å². The fraction of sp³-hybridized carbons (Fsp3) is 0.820. The molecule has 2 atom stereocenters. The Kier molecular flexibility index (Phi) is 42.0.